The van der Waals surface area contributed by atoms with E-state index >= 15 is 0 Å². The van der Waals surface area contributed by atoms with Crippen molar-refractivity contribution < 1.29 is 9.53 Å². The van der Waals surface area contributed by atoms with Gasteiger partial charge in [-0.2, -0.15) is 0 Å². The van der Waals surface area contributed by atoms with Gasteiger partial charge in [0, 0.05) is 26.6 Å². The highest BCUT2D eigenvalue weighted by Gasteiger charge is 2.62. The molecular weight excluding hydrogens is 298 g/mol. The summed E-state index contributed by atoms with van der Waals surface area (Å²) < 4.78 is 5.95. The van der Waals surface area contributed by atoms with Crippen molar-refractivity contribution in [1.29, 1.82) is 0 Å². The van der Waals surface area contributed by atoms with Crippen LogP contribution in [0.3, 0.4) is 0 Å². The average molecular weight is 334 g/mol. The topological polar surface area (TPSA) is 29.5 Å². The Morgan fingerprint density at radius 2 is 1.83 bits per heavy atom. The summed E-state index contributed by atoms with van der Waals surface area (Å²) in [6.07, 6.45) is 9.53. The molecule has 0 aromatic heterocycles. The number of carbonyl (C=O) groups is 1. The minimum Gasteiger partial charge on any atom is -0.378 e. The zero-order valence-electron chi connectivity index (χ0n) is 16.2. The van der Waals surface area contributed by atoms with Gasteiger partial charge in [0.25, 0.3) is 0 Å². The first-order valence-electron chi connectivity index (χ1n) is 10.0. The number of carbonyl (C=O) groups excluding carboxylic acids is 1. The van der Waals surface area contributed by atoms with E-state index in [9.17, 15) is 4.79 Å². The number of amides is 1. The van der Waals surface area contributed by atoms with Gasteiger partial charge in [-0.1, -0.05) is 13.8 Å². The molecule has 3 heteroatoms. The monoisotopic (exact) mass is 333 g/mol. The van der Waals surface area contributed by atoms with Crippen LogP contribution >= 0.6 is 0 Å². The quantitative estimate of drug-likeness (QED) is 0.718. The average Bonchev–Trinajstić information content (AvgIpc) is 2.83. The number of hydrogen-bond acceptors (Lipinski definition) is 2. The van der Waals surface area contributed by atoms with Crippen molar-refractivity contribution >= 4 is 5.91 Å². The second kappa shape index (κ2) is 5.22. The molecule has 136 valence electrons. The molecule has 1 heterocycles. The number of ether oxygens (including phenoxy) is 1. The maximum absolute atomic E-state index is 12.2. The number of likely N-dealkylation sites (tertiary alicyclic amines) is 1. The van der Waals surface area contributed by atoms with Crippen LogP contribution in [0.25, 0.3) is 0 Å². The van der Waals surface area contributed by atoms with E-state index in [4.69, 9.17) is 4.74 Å². The Morgan fingerprint density at radius 1 is 1.08 bits per heavy atom. The van der Waals surface area contributed by atoms with Gasteiger partial charge in [-0.3, -0.25) is 4.79 Å². The van der Waals surface area contributed by atoms with Crippen molar-refractivity contribution in [2.75, 3.05) is 14.2 Å². The molecule has 24 heavy (non-hydrogen) atoms. The van der Waals surface area contributed by atoms with E-state index in [1.54, 1.807) is 0 Å². The maximum Gasteiger partial charge on any atom is 0.222 e. The zero-order valence-corrected chi connectivity index (χ0v) is 16.2. The molecule has 1 unspecified atom stereocenters. The molecule has 4 fully saturated rings. The Hall–Kier alpha value is -0.570. The fraction of sp³-hybridized carbons (Fsp3) is 0.952. The van der Waals surface area contributed by atoms with Crippen molar-refractivity contribution in [1.82, 2.24) is 4.90 Å². The molecule has 4 rings (SSSR count). The van der Waals surface area contributed by atoms with Crippen molar-refractivity contribution in [2.24, 2.45) is 28.6 Å². The van der Waals surface area contributed by atoms with Gasteiger partial charge in [-0.25, -0.2) is 0 Å². The van der Waals surface area contributed by atoms with Gasteiger partial charge in [-0.15, -0.1) is 0 Å². The summed E-state index contributed by atoms with van der Waals surface area (Å²) in [7, 11) is 3.95. The van der Waals surface area contributed by atoms with Crippen LogP contribution in [0.1, 0.15) is 72.1 Å². The number of rotatable bonds is 1. The Bertz CT molecular complexity index is 548. The van der Waals surface area contributed by atoms with Crippen LogP contribution in [0.4, 0.5) is 0 Å². The van der Waals surface area contributed by atoms with Gasteiger partial charge >= 0.3 is 0 Å². The lowest BCUT2D eigenvalue weighted by Gasteiger charge is -2.61. The van der Waals surface area contributed by atoms with E-state index in [2.05, 4.69) is 32.7 Å². The zero-order chi connectivity index (χ0) is 17.3. The van der Waals surface area contributed by atoms with Crippen LogP contribution in [-0.2, 0) is 9.53 Å². The summed E-state index contributed by atoms with van der Waals surface area (Å²) in [6, 6.07) is 0.472. The van der Waals surface area contributed by atoms with Crippen LogP contribution in [0.2, 0.25) is 0 Å². The lowest BCUT2D eigenvalue weighted by Crippen LogP contribution is -2.61. The molecule has 0 N–H and O–H groups in total. The Balaban J connectivity index is 1.64. The molecule has 0 aromatic carbocycles. The molecule has 0 spiro atoms. The van der Waals surface area contributed by atoms with Crippen LogP contribution in [0.5, 0.6) is 0 Å². The summed E-state index contributed by atoms with van der Waals surface area (Å²) in [5.41, 5.74) is 0.871. The Labute approximate surface area is 147 Å². The molecule has 1 saturated heterocycles. The first kappa shape index (κ1) is 16.9. The van der Waals surface area contributed by atoms with Crippen molar-refractivity contribution in [3.63, 3.8) is 0 Å². The second-order valence-electron chi connectivity index (χ2n) is 10.2. The molecule has 0 radical (unpaired) electrons. The smallest absolute Gasteiger partial charge is 0.222 e. The number of fused-ring (bicyclic) bond motifs is 5. The molecule has 3 aliphatic carbocycles. The molecule has 3 nitrogen and oxygen atoms in total. The molecule has 7 atom stereocenters. The highest BCUT2D eigenvalue weighted by atomic mass is 16.5. The lowest BCUT2D eigenvalue weighted by atomic mass is 9.47. The van der Waals surface area contributed by atoms with Gasteiger partial charge < -0.3 is 9.64 Å². The van der Waals surface area contributed by atoms with Gasteiger partial charge in [0.15, 0.2) is 0 Å². The normalized spacial score (nSPS) is 54.2. The van der Waals surface area contributed by atoms with Gasteiger partial charge in [0.2, 0.25) is 5.91 Å². The van der Waals surface area contributed by atoms with Crippen molar-refractivity contribution in [3.8, 4) is 0 Å². The fourth-order valence-corrected chi connectivity index (χ4v) is 7.71. The van der Waals surface area contributed by atoms with Crippen LogP contribution in [0, 0.1) is 28.6 Å². The molecular formula is C21H35NO2. The number of hydrogen-bond donors (Lipinski definition) is 0. The third-order valence-corrected chi connectivity index (χ3v) is 9.00. The molecule has 3 saturated carbocycles. The van der Waals surface area contributed by atoms with E-state index in [1.807, 2.05) is 7.11 Å². The summed E-state index contributed by atoms with van der Waals surface area (Å²) >= 11 is 0. The van der Waals surface area contributed by atoms with E-state index in [0.717, 1.165) is 30.6 Å². The standard InChI is InChI=1S/C21H35NO2/c1-19-10-8-15-14(16(19)12-20(2,13-19)24-5)6-7-17-21(15,3)11-9-18(23)22(17)4/h14-17H,6-13H2,1-5H3/t14?,15-,16-,17+,19+,20-,21+/m0/s1. The molecule has 1 aliphatic heterocycles. The minimum atomic E-state index is 0.0748. The highest BCUT2D eigenvalue weighted by Crippen LogP contribution is 2.66. The number of methoxy groups -OCH3 is 1. The van der Waals surface area contributed by atoms with E-state index in [0.29, 0.717) is 22.8 Å². The van der Waals surface area contributed by atoms with Crippen LogP contribution in [0.15, 0.2) is 0 Å². The largest absolute Gasteiger partial charge is 0.378 e. The lowest BCUT2D eigenvalue weighted by molar-refractivity contribution is -0.156. The predicted octanol–water partition coefficient (Wildman–Crippen LogP) is 4.25. The van der Waals surface area contributed by atoms with Crippen molar-refractivity contribution in [3.05, 3.63) is 0 Å². The van der Waals surface area contributed by atoms with Crippen LogP contribution in [-0.4, -0.2) is 36.6 Å². The van der Waals surface area contributed by atoms with E-state index < -0.39 is 0 Å². The van der Waals surface area contributed by atoms with Gasteiger partial charge in [-0.05, 0) is 80.5 Å². The Kier molecular flexibility index (Phi) is 3.67. The van der Waals surface area contributed by atoms with Gasteiger partial charge in [0.05, 0.1) is 5.60 Å². The first-order valence-corrected chi connectivity index (χ1v) is 10.0. The summed E-state index contributed by atoms with van der Waals surface area (Å²) in [5, 5.41) is 0. The number of nitrogens with zero attached hydrogens (tertiary/aromatic N) is 1. The SMILES string of the molecule is CO[C@@]1(C)C[C@H]2C3CC[C@H]4N(C)C(=O)CC[C@]4(C)[C@H]3CC[C@]2(C)C1. The van der Waals surface area contributed by atoms with Crippen molar-refractivity contribution in [2.45, 2.75) is 83.8 Å². The molecule has 0 bridgehead atoms. The summed E-state index contributed by atoms with van der Waals surface area (Å²) in [5.74, 6) is 2.80. The molecule has 4 aliphatic rings. The van der Waals surface area contributed by atoms with Gasteiger partial charge in [0.1, 0.15) is 0 Å². The summed E-state index contributed by atoms with van der Waals surface area (Å²) in [6.45, 7) is 7.36. The minimum absolute atomic E-state index is 0.0748. The predicted molar refractivity (Wildman–Crippen MR) is 95.6 cm³/mol. The number of piperidine rings is 1. The van der Waals surface area contributed by atoms with Crippen LogP contribution < -0.4 is 0 Å². The third-order valence-electron chi connectivity index (χ3n) is 9.00. The Morgan fingerprint density at radius 3 is 2.54 bits per heavy atom. The molecule has 1 amide bonds. The summed E-state index contributed by atoms with van der Waals surface area (Å²) in [4.78, 5) is 14.3. The maximum atomic E-state index is 12.2. The fourth-order valence-electron chi connectivity index (χ4n) is 7.71. The third kappa shape index (κ3) is 2.15. The molecule has 0 aromatic rings. The van der Waals surface area contributed by atoms with E-state index in [-0.39, 0.29) is 5.60 Å². The first-order chi connectivity index (χ1) is 11.2. The van der Waals surface area contributed by atoms with E-state index in [1.165, 1.54) is 38.5 Å². The second-order valence-corrected chi connectivity index (χ2v) is 10.2. The highest BCUT2D eigenvalue weighted by molar-refractivity contribution is 5.77.